The second-order valence-corrected chi connectivity index (χ2v) is 4.22. The largest absolute Gasteiger partial charge is 0.478 e. The molecule has 0 atom stereocenters. The van der Waals surface area contributed by atoms with Crippen LogP contribution in [0.2, 0.25) is 0 Å². The van der Waals surface area contributed by atoms with Gasteiger partial charge in [0, 0.05) is 12.7 Å². The Labute approximate surface area is 110 Å². The summed E-state index contributed by atoms with van der Waals surface area (Å²) in [5.74, 6) is -1.67. The molecule has 0 saturated carbocycles. The average molecular weight is 260 g/mol. The van der Waals surface area contributed by atoms with Gasteiger partial charge in [-0.3, -0.25) is 0 Å². The van der Waals surface area contributed by atoms with Crippen molar-refractivity contribution in [2.45, 2.75) is 6.92 Å². The van der Waals surface area contributed by atoms with E-state index in [4.69, 9.17) is 5.11 Å². The van der Waals surface area contributed by atoms with Crippen molar-refractivity contribution in [1.82, 2.24) is 4.98 Å². The van der Waals surface area contributed by atoms with Gasteiger partial charge in [-0.1, -0.05) is 17.7 Å². The molecule has 0 unspecified atom stereocenters. The number of carboxylic acids is 1. The van der Waals surface area contributed by atoms with Crippen LogP contribution in [0.5, 0.6) is 0 Å². The summed E-state index contributed by atoms with van der Waals surface area (Å²) >= 11 is 0. The number of aromatic carboxylic acids is 1. The van der Waals surface area contributed by atoms with Gasteiger partial charge in [0.25, 0.3) is 0 Å². The molecule has 19 heavy (non-hydrogen) atoms. The summed E-state index contributed by atoms with van der Waals surface area (Å²) in [4.78, 5) is 16.6. The lowest BCUT2D eigenvalue weighted by Crippen LogP contribution is -2.16. The van der Waals surface area contributed by atoms with Gasteiger partial charge in [-0.2, -0.15) is 0 Å². The molecule has 98 valence electrons. The fraction of sp³-hybridized carbons (Fsp3) is 0.143. The number of aromatic nitrogens is 1. The Bertz CT molecular complexity index is 611. The maximum absolute atomic E-state index is 13.1. The Morgan fingerprint density at radius 1 is 1.32 bits per heavy atom. The van der Waals surface area contributed by atoms with Crippen LogP contribution >= 0.6 is 0 Å². The van der Waals surface area contributed by atoms with Crippen LogP contribution in [-0.4, -0.2) is 23.1 Å². The minimum Gasteiger partial charge on any atom is -0.478 e. The second-order valence-electron chi connectivity index (χ2n) is 4.22. The molecule has 0 spiro atoms. The van der Waals surface area contributed by atoms with Crippen molar-refractivity contribution in [2.24, 2.45) is 0 Å². The molecule has 1 heterocycles. The third-order valence-corrected chi connectivity index (χ3v) is 2.80. The molecule has 0 radical (unpaired) electrons. The fourth-order valence-corrected chi connectivity index (χ4v) is 1.75. The molecule has 0 aliphatic rings. The number of pyridine rings is 1. The maximum atomic E-state index is 13.1. The molecule has 5 heteroatoms. The number of anilines is 2. The molecule has 0 fully saturated rings. The Kier molecular flexibility index (Phi) is 3.46. The predicted octanol–water partition coefficient (Wildman–Crippen LogP) is 3.00. The summed E-state index contributed by atoms with van der Waals surface area (Å²) in [6.07, 6.45) is 1.01. The summed E-state index contributed by atoms with van der Waals surface area (Å²) in [6.45, 7) is 1.96. The zero-order valence-corrected chi connectivity index (χ0v) is 10.6. The van der Waals surface area contributed by atoms with E-state index in [0.717, 1.165) is 23.5 Å². The minimum absolute atomic E-state index is 0.164. The number of benzene rings is 1. The van der Waals surface area contributed by atoms with Gasteiger partial charge in [0.15, 0.2) is 0 Å². The second kappa shape index (κ2) is 5.06. The lowest BCUT2D eigenvalue weighted by Gasteiger charge is -2.20. The van der Waals surface area contributed by atoms with Crippen LogP contribution in [0.1, 0.15) is 15.9 Å². The number of hydrogen-bond acceptors (Lipinski definition) is 3. The van der Waals surface area contributed by atoms with E-state index in [0.29, 0.717) is 0 Å². The predicted molar refractivity (Wildman–Crippen MR) is 70.4 cm³/mol. The quantitative estimate of drug-likeness (QED) is 0.921. The van der Waals surface area contributed by atoms with Crippen LogP contribution in [0.25, 0.3) is 0 Å². The average Bonchev–Trinajstić information content (AvgIpc) is 2.38. The van der Waals surface area contributed by atoms with E-state index < -0.39 is 11.8 Å². The van der Waals surface area contributed by atoms with E-state index in [1.54, 1.807) is 11.9 Å². The van der Waals surface area contributed by atoms with E-state index >= 15 is 0 Å². The van der Waals surface area contributed by atoms with Gasteiger partial charge in [0.2, 0.25) is 0 Å². The van der Waals surface area contributed by atoms with Crippen LogP contribution in [0, 0.1) is 12.7 Å². The monoisotopic (exact) mass is 260 g/mol. The van der Waals surface area contributed by atoms with E-state index in [2.05, 4.69) is 4.98 Å². The third kappa shape index (κ3) is 2.70. The number of rotatable bonds is 3. The third-order valence-electron chi connectivity index (χ3n) is 2.80. The molecular weight excluding hydrogens is 247 g/mol. The fourth-order valence-electron chi connectivity index (χ4n) is 1.75. The van der Waals surface area contributed by atoms with E-state index in [1.807, 2.05) is 31.2 Å². The Hall–Kier alpha value is -2.43. The van der Waals surface area contributed by atoms with Crippen molar-refractivity contribution in [3.05, 3.63) is 53.5 Å². The van der Waals surface area contributed by atoms with Crippen molar-refractivity contribution >= 4 is 17.5 Å². The summed E-state index contributed by atoms with van der Waals surface area (Å²) in [5, 5.41) is 9.10. The van der Waals surface area contributed by atoms with Crippen LogP contribution < -0.4 is 4.90 Å². The lowest BCUT2D eigenvalue weighted by molar-refractivity contribution is 0.0696. The Morgan fingerprint density at radius 2 is 1.95 bits per heavy atom. The summed E-state index contributed by atoms with van der Waals surface area (Å²) in [7, 11) is 1.69. The molecule has 1 aromatic heterocycles. The van der Waals surface area contributed by atoms with Gasteiger partial charge in [0.1, 0.15) is 17.2 Å². The van der Waals surface area contributed by atoms with Crippen LogP contribution in [0.15, 0.2) is 36.5 Å². The number of nitrogens with zero attached hydrogens (tertiary/aromatic N) is 2. The van der Waals surface area contributed by atoms with Gasteiger partial charge in [-0.05, 0) is 25.1 Å². The SMILES string of the molecule is Cc1ccc(N(C)c2ncc(F)cc2C(=O)O)cc1. The standard InChI is InChI=1S/C14H13FN2O2/c1-9-3-5-11(6-4-9)17(2)13-12(14(18)19)7-10(15)8-16-13/h3-8H,1-2H3,(H,18,19). The van der Waals surface area contributed by atoms with E-state index in [1.165, 1.54) is 0 Å². The van der Waals surface area contributed by atoms with Crippen LogP contribution in [0.4, 0.5) is 15.9 Å². The number of halogens is 1. The highest BCUT2D eigenvalue weighted by Gasteiger charge is 2.17. The molecule has 0 saturated heterocycles. The molecule has 2 aromatic rings. The van der Waals surface area contributed by atoms with Crippen molar-refractivity contribution in [2.75, 3.05) is 11.9 Å². The first-order valence-electron chi connectivity index (χ1n) is 5.68. The highest BCUT2D eigenvalue weighted by Crippen LogP contribution is 2.25. The molecule has 1 N–H and O–H groups in total. The molecule has 0 bridgehead atoms. The van der Waals surface area contributed by atoms with E-state index in [-0.39, 0.29) is 11.4 Å². The maximum Gasteiger partial charge on any atom is 0.339 e. The normalized spacial score (nSPS) is 10.3. The zero-order valence-electron chi connectivity index (χ0n) is 10.6. The van der Waals surface area contributed by atoms with Gasteiger partial charge >= 0.3 is 5.97 Å². The summed E-state index contributed by atoms with van der Waals surface area (Å²) in [5.41, 5.74) is 1.72. The van der Waals surface area contributed by atoms with Crippen LogP contribution in [0.3, 0.4) is 0 Å². The molecular formula is C14H13FN2O2. The molecule has 0 amide bonds. The van der Waals surface area contributed by atoms with Crippen LogP contribution in [-0.2, 0) is 0 Å². The first kappa shape index (κ1) is 13.0. The molecule has 4 nitrogen and oxygen atoms in total. The van der Waals surface area contributed by atoms with Gasteiger partial charge in [0.05, 0.1) is 6.20 Å². The van der Waals surface area contributed by atoms with Gasteiger partial charge in [-0.15, -0.1) is 0 Å². The molecule has 1 aromatic carbocycles. The Balaban J connectivity index is 2.46. The summed E-state index contributed by atoms with van der Waals surface area (Å²) < 4.78 is 13.1. The zero-order chi connectivity index (χ0) is 14.0. The summed E-state index contributed by atoms with van der Waals surface area (Å²) in [6, 6.07) is 8.50. The topological polar surface area (TPSA) is 53.4 Å². The first-order chi connectivity index (χ1) is 8.99. The molecule has 0 aliphatic heterocycles. The van der Waals surface area contributed by atoms with Crippen molar-refractivity contribution in [1.29, 1.82) is 0 Å². The highest BCUT2D eigenvalue weighted by atomic mass is 19.1. The van der Waals surface area contributed by atoms with Crippen molar-refractivity contribution < 1.29 is 14.3 Å². The first-order valence-corrected chi connectivity index (χ1v) is 5.68. The smallest absolute Gasteiger partial charge is 0.339 e. The number of aryl methyl sites for hydroxylation is 1. The number of carbonyl (C=O) groups is 1. The van der Waals surface area contributed by atoms with Crippen molar-refractivity contribution in [3.63, 3.8) is 0 Å². The Morgan fingerprint density at radius 3 is 2.53 bits per heavy atom. The minimum atomic E-state index is -1.21. The molecule has 2 rings (SSSR count). The number of hydrogen-bond donors (Lipinski definition) is 1. The van der Waals surface area contributed by atoms with E-state index in [9.17, 15) is 9.18 Å². The van der Waals surface area contributed by atoms with Gasteiger partial charge in [-0.25, -0.2) is 14.2 Å². The highest BCUT2D eigenvalue weighted by molar-refractivity contribution is 5.94. The molecule has 0 aliphatic carbocycles. The van der Waals surface area contributed by atoms with Gasteiger partial charge < -0.3 is 10.0 Å². The van der Waals surface area contributed by atoms with Crippen molar-refractivity contribution in [3.8, 4) is 0 Å². The number of carboxylic acid groups (broad SMARTS) is 1. The lowest BCUT2D eigenvalue weighted by atomic mass is 10.2.